The molecule has 3 rings (SSSR count). The summed E-state index contributed by atoms with van der Waals surface area (Å²) in [4.78, 5) is 13.8. The van der Waals surface area contributed by atoms with E-state index in [1.165, 1.54) is 16.8 Å². The highest BCUT2D eigenvalue weighted by molar-refractivity contribution is 7.07. The van der Waals surface area contributed by atoms with E-state index in [-0.39, 0.29) is 0 Å². The summed E-state index contributed by atoms with van der Waals surface area (Å²) in [5.41, 5.74) is 3.99. The van der Waals surface area contributed by atoms with E-state index >= 15 is 0 Å². The molecule has 4 nitrogen and oxygen atoms in total. The van der Waals surface area contributed by atoms with Crippen LogP contribution >= 0.6 is 11.3 Å². The van der Waals surface area contributed by atoms with Gasteiger partial charge in [0.25, 0.3) is 0 Å². The van der Waals surface area contributed by atoms with Gasteiger partial charge >= 0.3 is 0 Å². The van der Waals surface area contributed by atoms with Gasteiger partial charge in [-0.3, -0.25) is 4.90 Å². The van der Waals surface area contributed by atoms with Gasteiger partial charge in [0, 0.05) is 45.2 Å². The SMILES string of the molecule is CCN(C)c1ncnc2c1CCN(Cc1ccsc1)CC2. The number of aromatic nitrogens is 2. The lowest BCUT2D eigenvalue weighted by atomic mass is 10.1. The van der Waals surface area contributed by atoms with Crippen LogP contribution in [0.4, 0.5) is 5.82 Å². The number of thiophene rings is 1. The first-order chi connectivity index (χ1) is 10.3. The fourth-order valence-corrected chi connectivity index (χ4v) is 3.49. The van der Waals surface area contributed by atoms with Gasteiger partial charge in [-0.1, -0.05) is 0 Å². The Bertz CT molecular complexity index is 582. The van der Waals surface area contributed by atoms with Crippen LogP contribution in [0.2, 0.25) is 0 Å². The number of fused-ring (bicyclic) bond motifs is 1. The minimum Gasteiger partial charge on any atom is -0.360 e. The molecule has 0 unspecified atom stereocenters. The standard InChI is InChI=1S/C16H22N4S/c1-3-19(2)16-14-4-7-20(10-13-6-9-21-11-13)8-5-15(14)17-12-18-16/h6,9,11-12H,3-5,7-8,10H2,1-2H3. The van der Waals surface area contributed by atoms with Crippen LogP contribution in [0, 0.1) is 0 Å². The monoisotopic (exact) mass is 302 g/mol. The van der Waals surface area contributed by atoms with Crippen LogP contribution in [0.5, 0.6) is 0 Å². The Morgan fingerprint density at radius 1 is 1.29 bits per heavy atom. The fourth-order valence-electron chi connectivity index (χ4n) is 2.83. The number of nitrogens with zero attached hydrogens (tertiary/aromatic N) is 4. The third-order valence-electron chi connectivity index (χ3n) is 4.18. The number of hydrogen-bond donors (Lipinski definition) is 0. The number of rotatable bonds is 4. The summed E-state index contributed by atoms with van der Waals surface area (Å²) in [6.45, 7) is 6.34. The topological polar surface area (TPSA) is 32.3 Å². The zero-order chi connectivity index (χ0) is 14.7. The van der Waals surface area contributed by atoms with E-state index in [1.807, 2.05) is 0 Å². The molecule has 0 aromatic carbocycles. The van der Waals surface area contributed by atoms with Crippen molar-refractivity contribution in [1.29, 1.82) is 0 Å². The molecule has 3 heterocycles. The summed E-state index contributed by atoms with van der Waals surface area (Å²) in [6.07, 6.45) is 3.78. The van der Waals surface area contributed by atoms with Crippen LogP contribution < -0.4 is 4.90 Å². The van der Waals surface area contributed by atoms with Crippen LogP contribution in [0.3, 0.4) is 0 Å². The normalized spacial score (nSPS) is 15.5. The molecule has 0 bridgehead atoms. The van der Waals surface area contributed by atoms with E-state index in [4.69, 9.17) is 0 Å². The Hall–Kier alpha value is -1.46. The van der Waals surface area contributed by atoms with Crippen molar-refractivity contribution in [2.75, 3.05) is 31.6 Å². The summed E-state index contributed by atoms with van der Waals surface area (Å²) in [7, 11) is 2.11. The molecule has 2 aromatic rings. The fraction of sp³-hybridized carbons (Fsp3) is 0.500. The lowest BCUT2D eigenvalue weighted by Gasteiger charge is -2.20. The van der Waals surface area contributed by atoms with Crippen molar-refractivity contribution in [1.82, 2.24) is 14.9 Å². The molecule has 1 aliphatic rings. The molecule has 0 fully saturated rings. The van der Waals surface area contributed by atoms with E-state index in [0.717, 1.165) is 44.8 Å². The zero-order valence-electron chi connectivity index (χ0n) is 12.7. The summed E-state index contributed by atoms with van der Waals surface area (Å²) in [5.74, 6) is 1.11. The van der Waals surface area contributed by atoms with E-state index < -0.39 is 0 Å². The first-order valence-corrected chi connectivity index (χ1v) is 8.49. The molecule has 0 aliphatic carbocycles. The Labute approximate surface area is 130 Å². The summed E-state index contributed by atoms with van der Waals surface area (Å²) in [6, 6.07) is 2.22. The van der Waals surface area contributed by atoms with Crippen molar-refractivity contribution in [2.24, 2.45) is 0 Å². The van der Waals surface area contributed by atoms with Crippen LogP contribution in [-0.4, -0.2) is 41.5 Å². The molecule has 112 valence electrons. The van der Waals surface area contributed by atoms with Crippen molar-refractivity contribution in [3.63, 3.8) is 0 Å². The predicted molar refractivity (Wildman–Crippen MR) is 88.0 cm³/mol. The first kappa shape index (κ1) is 14.5. The van der Waals surface area contributed by atoms with E-state index in [2.05, 4.69) is 50.6 Å². The summed E-state index contributed by atoms with van der Waals surface area (Å²) >= 11 is 1.77. The van der Waals surface area contributed by atoms with Crippen molar-refractivity contribution in [2.45, 2.75) is 26.3 Å². The van der Waals surface area contributed by atoms with Gasteiger partial charge in [-0.15, -0.1) is 0 Å². The van der Waals surface area contributed by atoms with Crippen LogP contribution in [-0.2, 0) is 19.4 Å². The molecule has 0 atom stereocenters. The second-order valence-corrected chi connectivity index (χ2v) is 6.32. The van der Waals surface area contributed by atoms with Gasteiger partial charge in [0.2, 0.25) is 0 Å². The maximum Gasteiger partial charge on any atom is 0.135 e. The molecule has 0 saturated carbocycles. The van der Waals surface area contributed by atoms with Crippen LogP contribution in [0.15, 0.2) is 23.2 Å². The van der Waals surface area contributed by atoms with E-state index in [9.17, 15) is 0 Å². The predicted octanol–water partition coefficient (Wildman–Crippen LogP) is 2.60. The maximum atomic E-state index is 4.53. The van der Waals surface area contributed by atoms with E-state index in [1.54, 1.807) is 17.7 Å². The smallest absolute Gasteiger partial charge is 0.135 e. The molecular formula is C16H22N4S. The maximum absolute atomic E-state index is 4.53. The number of hydrogen-bond acceptors (Lipinski definition) is 5. The number of anilines is 1. The Morgan fingerprint density at radius 2 is 2.14 bits per heavy atom. The highest BCUT2D eigenvalue weighted by Crippen LogP contribution is 2.23. The molecule has 0 saturated heterocycles. The van der Waals surface area contributed by atoms with Gasteiger partial charge in [-0.2, -0.15) is 11.3 Å². The van der Waals surface area contributed by atoms with Gasteiger partial charge in [-0.05, 0) is 35.7 Å². The average Bonchev–Trinajstić information content (AvgIpc) is 2.93. The highest BCUT2D eigenvalue weighted by Gasteiger charge is 2.19. The largest absolute Gasteiger partial charge is 0.360 e. The van der Waals surface area contributed by atoms with Gasteiger partial charge in [0.05, 0.1) is 5.69 Å². The van der Waals surface area contributed by atoms with Gasteiger partial charge in [-0.25, -0.2) is 9.97 Å². The van der Waals surface area contributed by atoms with Crippen LogP contribution in [0.1, 0.15) is 23.7 Å². The molecular weight excluding hydrogens is 280 g/mol. The molecule has 0 radical (unpaired) electrons. The minimum absolute atomic E-state index is 0.974. The summed E-state index contributed by atoms with van der Waals surface area (Å²) in [5, 5.41) is 4.40. The molecule has 0 N–H and O–H groups in total. The Morgan fingerprint density at radius 3 is 2.90 bits per heavy atom. The summed E-state index contributed by atoms with van der Waals surface area (Å²) < 4.78 is 0. The molecule has 5 heteroatoms. The first-order valence-electron chi connectivity index (χ1n) is 7.55. The lowest BCUT2D eigenvalue weighted by Crippen LogP contribution is -2.25. The van der Waals surface area contributed by atoms with Gasteiger partial charge in [0.15, 0.2) is 0 Å². The van der Waals surface area contributed by atoms with Gasteiger partial charge < -0.3 is 4.90 Å². The second-order valence-electron chi connectivity index (χ2n) is 5.54. The Kier molecular flexibility index (Phi) is 4.51. The van der Waals surface area contributed by atoms with E-state index in [0.29, 0.717) is 0 Å². The third-order valence-corrected chi connectivity index (χ3v) is 4.91. The molecule has 0 amide bonds. The molecule has 0 spiro atoms. The van der Waals surface area contributed by atoms with Crippen molar-refractivity contribution in [3.05, 3.63) is 40.0 Å². The van der Waals surface area contributed by atoms with Crippen molar-refractivity contribution >= 4 is 17.2 Å². The molecule has 1 aliphatic heterocycles. The lowest BCUT2D eigenvalue weighted by molar-refractivity contribution is 0.279. The quantitative estimate of drug-likeness (QED) is 0.869. The Balaban J connectivity index is 1.76. The van der Waals surface area contributed by atoms with Crippen LogP contribution in [0.25, 0.3) is 0 Å². The zero-order valence-corrected chi connectivity index (χ0v) is 13.6. The second kappa shape index (κ2) is 6.54. The average molecular weight is 302 g/mol. The highest BCUT2D eigenvalue weighted by atomic mass is 32.1. The molecule has 21 heavy (non-hydrogen) atoms. The van der Waals surface area contributed by atoms with Gasteiger partial charge in [0.1, 0.15) is 12.1 Å². The van der Waals surface area contributed by atoms with Crippen molar-refractivity contribution in [3.8, 4) is 0 Å². The van der Waals surface area contributed by atoms with Crippen molar-refractivity contribution < 1.29 is 0 Å². The minimum atomic E-state index is 0.974. The third kappa shape index (κ3) is 3.24. The molecule has 2 aromatic heterocycles.